The van der Waals surface area contributed by atoms with E-state index in [1.54, 1.807) is 26.0 Å². The molecule has 2 atom stereocenters. The Bertz CT molecular complexity index is 665. The van der Waals surface area contributed by atoms with Crippen LogP contribution in [0.1, 0.15) is 37.4 Å². The van der Waals surface area contributed by atoms with Crippen molar-refractivity contribution >= 4 is 5.91 Å². The number of aliphatic hydroxyl groups is 1. The molecule has 2 unspecified atom stereocenters. The molecule has 0 saturated heterocycles. The average Bonchev–Trinajstić information content (AvgIpc) is 2.61. The number of hydrogen-bond donors (Lipinski definition) is 1. The lowest BCUT2D eigenvalue weighted by atomic mass is 9.91. The van der Waals surface area contributed by atoms with Crippen molar-refractivity contribution in [2.45, 2.75) is 31.9 Å². The van der Waals surface area contributed by atoms with E-state index in [1.165, 1.54) is 0 Å². The zero-order chi connectivity index (χ0) is 17.7. The molecule has 0 aliphatic rings. The van der Waals surface area contributed by atoms with Crippen LogP contribution in [-0.2, 0) is 10.4 Å². The molecule has 0 radical (unpaired) electrons. The van der Waals surface area contributed by atoms with Gasteiger partial charge in [0.25, 0.3) is 0 Å². The number of carbonyl (C=O) groups excluding carboxylic acids is 1. The van der Waals surface area contributed by atoms with E-state index >= 15 is 0 Å². The van der Waals surface area contributed by atoms with Crippen molar-refractivity contribution in [3.8, 4) is 5.75 Å². The van der Waals surface area contributed by atoms with E-state index in [1.807, 2.05) is 61.5 Å². The van der Waals surface area contributed by atoms with E-state index in [0.717, 1.165) is 16.9 Å². The number of nitrogens with zero attached hydrogens (tertiary/aromatic N) is 1. The van der Waals surface area contributed by atoms with Gasteiger partial charge in [-0.05, 0) is 37.1 Å². The van der Waals surface area contributed by atoms with Crippen molar-refractivity contribution in [3.05, 3.63) is 65.7 Å². The van der Waals surface area contributed by atoms with Crippen LogP contribution in [0.25, 0.3) is 0 Å². The number of amides is 1. The molecule has 4 nitrogen and oxygen atoms in total. The molecule has 1 N–H and O–H groups in total. The first-order chi connectivity index (χ1) is 11.3. The molecule has 0 aromatic heterocycles. The summed E-state index contributed by atoms with van der Waals surface area (Å²) in [5.74, 6) is 0.680. The minimum atomic E-state index is -1.19. The van der Waals surface area contributed by atoms with Crippen molar-refractivity contribution in [1.29, 1.82) is 0 Å². The summed E-state index contributed by atoms with van der Waals surface area (Å²) in [6.45, 7) is 3.64. The Balaban J connectivity index is 2.08. The summed E-state index contributed by atoms with van der Waals surface area (Å²) in [6.07, 6.45) is 0.0357. The summed E-state index contributed by atoms with van der Waals surface area (Å²) < 4.78 is 5.16. The number of rotatable bonds is 6. The number of methoxy groups -OCH3 is 1. The highest BCUT2D eigenvalue weighted by atomic mass is 16.5. The third kappa shape index (κ3) is 4.15. The van der Waals surface area contributed by atoms with Crippen molar-refractivity contribution in [3.63, 3.8) is 0 Å². The molecule has 0 aliphatic heterocycles. The van der Waals surface area contributed by atoms with E-state index in [0.29, 0.717) is 0 Å². The van der Waals surface area contributed by atoms with E-state index in [9.17, 15) is 9.90 Å². The van der Waals surface area contributed by atoms with Crippen molar-refractivity contribution in [2.75, 3.05) is 14.2 Å². The fraction of sp³-hybridized carbons (Fsp3) is 0.350. The fourth-order valence-electron chi connectivity index (χ4n) is 2.64. The molecule has 1 amide bonds. The lowest BCUT2D eigenvalue weighted by Gasteiger charge is -2.30. The predicted molar refractivity (Wildman–Crippen MR) is 94.8 cm³/mol. The van der Waals surface area contributed by atoms with Gasteiger partial charge < -0.3 is 14.7 Å². The second kappa shape index (κ2) is 7.49. The summed E-state index contributed by atoms with van der Waals surface area (Å²) in [7, 11) is 3.39. The maximum Gasteiger partial charge on any atom is 0.226 e. The lowest BCUT2D eigenvalue weighted by Crippen LogP contribution is -2.35. The third-order valence-corrected chi connectivity index (χ3v) is 4.46. The molecular formula is C20H25NO3. The smallest absolute Gasteiger partial charge is 0.226 e. The maximum atomic E-state index is 12.6. The monoisotopic (exact) mass is 327 g/mol. The van der Waals surface area contributed by atoms with Crippen LogP contribution in [-0.4, -0.2) is 30.1 Å². The van der Waals surface area contributed by atoms with E-state index < -0.39 is 5.60 Å². The standard InChI is InChI=1S/C20H25NO3/c1-15(16-10-12-18(24-4)13-11-16)21(3)19(22)14-20(2,23)17-8-6-5-7-9-17/h5-13,15,23H,14H2,1-4H3. The van der Waals surface area contributed by atoms with E-state index in [4.69, 9.17) is 4.74 Å². The number of hydrogen-bond acceptors (Lipinski definition) is 3. The van der Waals surface area contributed by atoms with Gasteiger partial charge in [-0.2, -0.15) is 0 Å². The van der Waals surface area contributed by atoms with Crippen LogP contribution in [0, 0.1) is 0 Å². The van der Waals surface area contributed by atoms with Crippen LogP contribution in [0.2, 0.25) is 0 Å². The van der Waals surface area contributed by atoms with Gasteiger partial charge in [-0.25, -0.2) is 0 Å². The summed E-state index contributed by atoms with van der Waals surface area (Å²) in [6, 6.07) is 16.8. The second-order valence-electron chi connectivity index (χ2n) is 6.27. The average molecular weight is 327 g/mol. The molecule has 4 heteroatoms. The van der Waals surface area contributed by atoms with Crippen molar-refractivity contribution in [1.82, 2.24) is 4.90 Å². The first-order valence-electron chi connectivity index (χ1n) is 8.02. The minimum absolute atomic E-state index is 0.0357. The van der Waals surface area contributed by atoms with Crippen molar-refractivity contribution in [2.24, 2.45) is 0 Å². The number of benzene rings is 2. The van der Waals surface area contributed by atoms with Crippen LogP contribution >= 0.6 is 0 Å². The SMILES string of the molecule is COc1ccc(C(C)N(C)C(=O)CC(C)(O)c2ccccc2)cc1. The summed E-state index contributed by atoms with van der Waals surface area (Å²) in [5, 5.41) is 10.7. The van der Waals surface area contributed by atoms with Crippen LogP contribution in [0.3, 0.4) is 0 Å². The summed E-state index contributed by atoms with van der Waals surface area (Å²) in [4.78, 5) is 14.3. The summed E-state index contributed by atoms with van der Waals surface area (Å²) >= 11 is 0. The Morgan fingerprint density at radius 3 is 2.29 bits per heavy atom. The molecule has 128 valence electrons. The lowest BCUT2D eigenvalue weighted by molar-refractivity contribution is -0.136. The number of carbonyl (C=O) groups is 1. The molecule has 2 rings (SSSR count). The van der Waals surface area contributed by atoms with Gasteiger partial charge in [0.05, 0.1) is 25.2 Å². The molecule has 2 aromatic carbocycles. The third-order valence-electron chi connectivity index (χ3n) is 4.46. The van der Waals surface area contributed by atoms with Gasteiger partial charge in [-0.15, -0.1) is 0 Å². The van der Waals surface area contributed by atoms with Crippen LogP contribution in [0.4, 0.5) is 0 Å². The largest absolute Gasteiger partial charge is 0.497 e. The normalized spacial score (nSPS) is 14.5. The maximum absolute atomic E-state index is 12.6. The Kier molecular flexibility index (Phi) is 5.62. The van der Waals surface area contributed by atoms with E-state index in [-0.39, 0.29) is 18.4 Å². The van der Waals surface area contributed by atoms with Gasteiger partial charge in [-0.3, -0.25) is 4.79 Å². The second-order valence-corrected chi connectivity index (χ2v) is 6.27. The molecule has 0 fully saturated rings. The van der Waals surface area contributed by atoms with Gasteiger partial charge in [0.1, 0.15) is 5.75 Å². The van der Waals surface area contributed by atoms with Crippen LogP contribution in [0.5, 0.6) is 5.75 Å². The van der Waals surface area contributed by atoms with Gasteiger partial charge in [-0.1, -0.05) is 42.5 Å². The predicted octanol–water partition coefficient (Wildman–Crippen LogP) is 3.51. The molecule has 0 spiro atoms. The Hall–Kier alpha value is -2.33. The highest BCUT2D eigenvalue weighted by Gasteiger charge is 2.29. The summed E-state index contributed by atoms with van der Waals surface area (Å²) in [5.41, 5.74) is 0.571. The Morgan fingerprint density at radius 2 is 1.75 bits per heavy atom. The van der Waals surface area contributed by atoms with E-state index in [2.05, 4.69) is 0 Å². The molecule has 0 saturated carbocycles. The fourth-order valence-corrected chi connectivity index (χ4v) is 2.64. The highest BCUT2D eigenvalue weighted by molar-refractivity contribution is 5.77. The Morgan fingerprint density at radius 1 is 1.17 bits per heavy atom. The highest BCUT2D eigenvalue weighted by Crippen LogP contribution is 2.28. The van der Waals surface area contributed by atoms with Gasteiger partial charge in [0.2, 0.25) is 5.91 Å². The molecular weight excluding hydrogens is 302 g/mol. The molecule has 24 heavy (non-hydrogen) atoms. The van der Waals surface area contributed by atoms with Gasteiger partial charge in [0, 0.05) is 7.05 Å². The minimum Gasteiger partial charge on any atom is -0.497 e. The molecule has 0 heterocycles. The molecule has 0 aliphatic carbocycles. The molecule has 0 bridgehead atoms. The van der Waals surface area contributed by atoms with Gasteiger partial charge in [0.15, 0.2) is 0 Å². The van der Waals surface area contributed by atoms with Crippen LogP contribution in [0.15, 0.2) is 54.6 Å². The number of ether oxygens (including phenoxy) is 1. The first kappa shape index (κ1) is 18.0. The van der Waals surface area contributed by atoms with Crippen molar-refractivity contribution < 1.29 is 14.6 Å². The van der Waals surface area contributed by atoms with Crippen LogP contribution < -0.4 is 4.74 Å². The quantitative estimate of drug-likeness (QED) is 0.883. The zero-order valence-corrected chi connectivity index (χ0v) is 14.7. The first-order valence-corrected chi connectivity index (χ1v) is 8.02. The Labute approximate surface area is 143 Å². The molecule has 2 aromatic rings. The van der Waals surface area contributed by atoms with Gasteiger partial charge >= 0.3 is 0 Å². The topological polar surface area (TPSA) is 49.8 Å². The zero-order valence-electron chi connectivity index (χ0n) is 14.7.